The third-order valence-electron chi connectivity index (χ3n) is 3.34. The molecule has 0 aliphatic carbocycles. The lowest BCUT2D eigenvalue weighted by molar-refractivity contribution is 0.316. The average molecular weight is 391 g/mol. The highest BCUT2D eigenvalue weighted by Gasteiger charge is 2.01. The summed E-state index contributed by atoms with van der Waals surface area (Å²) in [5.74, 6) is 0.502. The summed E-state index contributed by atoms with van der Waals surface area (Å²) >= 11 is 3.33. The molecule has 0 saturated heterocycles. The van der Waals surface area contributed by atoms with Crippen molar-refractivity contribution in [3.8, 4) is 0 Å². The van der Waals surface area contributed by atoms with E-state index in [0.717, 1.165) is 0 Å². The second kappa shape index (κ2) is 12.2. The van der Waals surface area contributed by atoms with Crippen LogP contribution in [0.3, 0.4) is 0 Å². The lowest BCUT2D eigenvalue weighted by atomic mass is 10.1. The summed E-state index contributed by atoms with van der Waals surface area (Å²) in [6.07, 6.45) is 7.60. The number of nitrogens with zero attached hydrogens (tertiary/aromatic N) is 2. The number of thiophene rings is 2. The van der Waals surface area contributed by atoms with Crippen LogP contribution in [0.1, 0.15) is 37.4 Å². The summed E-state index contributed by atoms with van der Waals surface area (Å²) in [6, 6.07) is 8.04. The summed E-state index contributed by atoms with van der Waals surface area (Å²) in [5, 5.41) is 27.8. The van der Waals surface area contributed by atoms with Gasteiger partial charge in [-0.05, 0) is 59.0 Å². The van der Waals surface area contributed by atoms with Crippen molar-refractivity contribution in [1.82, 2.24) is 0 Å². The van der Waals surface area contributed by atoms with Crippen molar-refractivity contribution in [3.63, 3.8) is 0 Å². The molecular formula is C20H26N2O2S2. The van der Waals surface area contributed by atoms with Gasteiger partial charge in [0.15, 0.2) is 0 Å². The quantitative estimate of drug-likeness (QED) is 0.336. The highest BCUT2D eigenvalue weighted by molar-refractivity contribution is 7.11. The van der Waals surface area contributed by atoms with Crippen LogP contribution in [0, 0.1) is 11.8 Å². The number of oxime groups is 2. The van der Waals surface area contributed by atoms with E-state index in [1.54, 1.807) is 22.7 Å². The molecule has 140 valence electrons. The smallest absolute Gasteiger partial charge is 0.0821 e. The summed E-state index contributed by atoms with van der Waals surface area (Å²) in [5.41, 5.74) is 1.40. The third-order valence-corrected chi connectivity index (χ3v) is 5.01. The molecule has 0 spiro atoms. The Morgan fingerprint density at radius 1 is 0.808 bits per heavy atom. The van der Waals surface area contributed by atoms with E-state index in [1.165, 1.54) is 9.75 Å². The van der Waals surface area contributed by atoms with E-state index in [0.29, 0.717) is 11.4 Å². The van der Waals surface area contributed by atoms with Gasteiger partial charge in [-0.25, -0.2) is 0 Å². The molecule has 26 heavy (non-hydrogen) atoms. The number of hydrogen-bond donors (Lipinski definition) is 2. The summed E-state index contributed by atoms with van der Waals surface area (Å²) in [6.45, 7) is 7.98. The van der Waals surface area contributed by atoms with E-state index in [-0.39, 0.29) is 11.8 Å². The van der Waals surface area contributed by atoms with Gasteiger partial charge in [0.25, 0.3) is 0 Å². The predicted octanol–water partition coefficient (Wildman–Crippen LogP) is 6.50. The molecule has 0 aromatic carbocycles. The van der Waals surface area contributed by atoms with Gasteiger partial charge in [0.2, 0.25) is 0 Å². The molecule has 2 heterocycles. The maximum atomic E-state index is 8.67. The number of hydrogen-bond acceptors (Lipinski definition) is 6. The Hall–Kier alpha value is -2.18. The Bertz CT molecular complexity index is 662. The van der Waals surface area contributed by atoms with Crippen LogP contribution in [0.5, 0.6) is 0 Å². The lowest BCUT2D eigenvalue weighted by Crippen LogP contribution is -2.02. The SMILES string of the molecule is CC(C)C(/C=C/c1cccs1)=NO.CC(C)C(/C=C/c1cccs1)=NO. The average Bonchev–Trinajstić information content (AvgIpc) is 3.29. The minimum absolute atomic E-state index is 0.251. The molecule has 0 radical (unpaired) electrons. The van der Waals surface area contributed by atoms with Gasteiger partial charge in [-0.15, -0.1) is 22.7 Å². The van der Waals surface area contributed by atoms with E-state index in [4.69, 9.17) is 10.4 Å². The van der Waals surface area contributed by atoms with Crippen LogP contribution in [0.2, 0.25) is 0 Å². The Morgan fingerprint density at radius 2 is 1.19 bits per heavy atom. The van der Waals surface area contributed by atoms with Gasteiger partial charge in [0, 0.05) is 9.75 Å². The Morgan fingerprint density at radius 3 is 1.42 bits per heavy atom. The lowest BCUT2D eigenvalue weighted by Gasteiger charge is -2.00. The number of allylic oxidation sites excluding steroid dienone is 2. The summed E-state index contributed by atoms with van der Waals surface area (Å²) in [7, 11) is 0. The predicted molar refractivity (Wildman–Crippen MR) is 115 cm³/mol. The molecule has 0 amide bonds. The van der Waals surface area contributed by atoms with Gasteiger partial charge >= 0.3 is 0 Å². The van der Waals surface area contributed by atoms with Gasteiger partial charge in [-0.2, -0.15) is 0 Å². The first-order valence-electron chi connectivity index (χ1n) is 8.35. The Labute approximate surface area is 163 Å². The molecule has 6 heteroatoms. The van der Waals surface area contributed by atoms with Crippen LogP contribution in [0.4, 0.5) is 0 Å². The fraction of sp³-hybridized carbons (Fsp3) is 0.300. The van der Waals surface area contributed by atoms with Crippen molar-refractivity contribution in [2.24, 2.45) is 22.1 Å². The number of rotatable bonds is 6. The van der Waals surface area contributed by atoms with Gasteiger partial charge in [0.1, 0.15) is 0 Å². The molecular weight excluding hydrogens is 364 g/mol. The highest BCUT2D eigenvalue weighted by atomic mass is 32.1. The van der Waals surface area contributed by atoms with Crippen LogP contribution in [-0.2, 0) is 0 Å². The second-order valence-corrected chi connectivity index (χ2v) is 8.02. The zero-order valence-electron chi connectivity index (χ0n) is 15.5. The van der Waals surface area contributed by atoms with E-state index < -0.39 is 0 Å². The molecule has 0 unspecified atom stereocenters. The topological polar surface area (TPSA) is 65.2 Å². The first-order chi connectivity index (χ1) is 12.5. The molecule has 2 rings (SSSR count). The maximum absolute atomic E-state index is 8.67. The van der Waals surface area contributed by atoms with E-state index in [9.17, 15) is 0 Å². The summed E-state index contributed by atoms with van der Waals surface area (Å²) < 4.78 is 0. The fourth-order valence-electron chi connectivity index (χ4n) is 1.79. The van der Waals surface area contributed by atoms with Crippen molar-refractivity contribution in [3.05, 3.63) is 56.9 Å². The first-order valence-corrected chi connectivity index (χ1v) is 10.1. The zero-order chi connectivity index (χ0) is 19.4. The largest absolute Gasteiger partial charge is 0.411 e. The molecule has 0 fully saturated rings. The van der Waals surface area contributed by atoms with Gasteiger partial charge in [-0.1, -0.05) is 50.1 Å². The zero-order valence-corrected chi connectivity index (χ0v) is 17.2. The van der Waals surface area contributed by atoms with Crippen molar-refractivity contribution >= 4 is 46.2 Å². The van der Waals surface area contributed by atoms with Crippen LogP contribution >= 0.6 is 22.7 Å². The molecule has 0 atom stereocenters. The van der Waals surface area contributed by atoms with Crippen LogP contribution < -0.4 is 0 Å². The first kappa shape index (κ1) is 21.9. The standard InChI is InChI=1S/2C10H13NOS/c2*1-8(2)10(11-12)6-5-9-4-3-7-13-9/h2*3-8,12H,1-2H3/b2*6-5+,11-10?. The second-order valence-electron chi connectivity index (χ2n) is 6.06. The van der Waals surface area contributed by atoms with Crippen molar-refractivity contribution in [2.75, 3.05) is 0 Å². The van der Waals surface area contributed by atoms with Crippen molar-refractivity contribution in [2.45, 2.75) is 27.7 Å². The molecule has 0 aliphatic heterocycles. The molecule has 0 aliphatic rings. The van der Waals surface area contributed by atoms with Gasteiger partial charge in [0.05, 0.1) is 11.4 Å². The summed E-state index contributed by atoms with van der Waals surface area (Å²) in [4.78, 5) is 2.34. The minimum Gasteiger partial charge on any atom is -0.411 e. The Balaban J connectivity index is 0.000000260. The van der Waals surface area contributed by atoms with E-state index in [1.807, 2.05) is 87.0 Å². The van der Waals surface area contributed by atoms with Crippen molar-refractivity contribution < 1.29 is 10.4 Å². The van der Waals surface area contributed by atoms with Gasteiger partial charge < -0.3 is 10.4 Å². The molecule has 2 N–H and O–H groups in total. The van der Waals surface area contributed by atoms with Crippen molar-refractivity contribution in [1.29, 1.82) is 0 Å². The highest BCUT2D eigenvalue weighted by Crippen LogP contribution is 2.12. The minimum atomic E-state index is 0.251. The molecule has 2 aromatic rings. The monoisotopic (exact) mass is 390 g/mol. The van der Waals surface area contributed by atoms with Crippen LogP contribution in [0.25, 0.3) is 12.2 Å². The Kier molecular flexibility index (Phi) is 10.3. The van der Waals surface area contributed by atoms with Gasteiger partial charge in [-0.3, -0.25) is 0 Å². The molecule has 0 bridgehead atoms. The fourth-order valence-corrected chi connectivity index (χ4v) is 3.03. The van der Waals surface area contributed by atoms with Crippen LogP contribution in [0.15, 0.2) is 57.5 Å². The normalized spacial score (nSPS) is 13.0. The third kappa shape index (κ3) is 8.27. The van der Waals surface area contributed by atoms with E-state index >= 15 is 0 Å². The molecule has 2 aromatic heterocycles. The maximum Gasteiger partial charge on any atom is 0.0821 e. The molecule has 0 saturated carbocycles. The van der Waals surface area contributed by atoms with Crippen LogP contribution in [-0.4, -0.2) is 21.8 Å². The molecule has 4 nitrogen and oxygen atoms in total. The van der Waals surface area contributed by atoms with E-state index in [2.05, 4.69) is 10.3 Å².